The van der Waals surface area contributed by atoms with Gasteiger partial charge in [0.1, 0.15) is 0 Å². The summed E-state index contributed by atoms with van der Waals surface area (Å²) < 4.78 is 28.4. The van der Waals surface area contributed by atoms with Gasteiger partial charge in [-0.15, -0.1) is 0 Å². The highest BCUT2D eigenvalue weighted by Gasteiger charge is 2.39. The van der Waals surface area contributed by atoms with Crippen molar-refractivity contribution in [3.8, 4) is 28.7 Å². The van der Waals surface area contributed by atoms with Gasteiger partial charge in [0, 0.05) is 30.3 Å². The Bertz CT molecular complexity index is 925. The minimum Gasteiger partial charge on any atom is -0.492 e. The molecule has 6 nitrogen and oxygen atoms in total. The first-order chi connectivity index (χ1) is 12.8. The molecule has 1 atom stereocenters. The van der Waals surface area contributed by atoms with Gasteiger partial charge in [0.25, 0.3) is 0 Å². The molecule has 0 bridgehead atoms. The zero-order valence-corrected chi connectivity index (χ0v) is 14.5. The van der Waals surface area contributed by atoms with Crippen LogP contribution in [0.1, 0.15) is 28.3 Å². The molecule has 26 heavy (non-hydrogen) atoms. The lowest BCUT2D eigenvalue weighted by molar-refractivity contribution is 0.148. The quantitative estimate of drug-likeness (QED) is 0.786. The van der Waals surface area contributed by atoms with E-state index >= 15 is 0 Å². The third-order valence-electron chi connectivity index (χ3n) is 5.90. The molecule has 4 heterocycles. The number of hydrogen-bond donors (Lipinski definition) is 0. The molecule has 0 spiro atoms. The highest BCUT2D eigenvalue weighted by atomic mass is 16.7. The lowest BCUT2D eigenvalue weighted by atomic mass is 9.83. The molecule has 2 aromatic rings. The maximum absolute atomic E-state index is 5.79. The fraction of sp³-hybridized carbons (Fsp3) is 0.400. The van der Waals surface area contributed by atoms with Crippen LogP contribution >= 0.6 is 0 Å². The largest absolute Gasteiger partial charge is 0.492 e. The lowest BCUT2D eigenvalue weighted by Gasteiger charge is -2.42. The lowest BCUT2D eigenvalue weighted by Crippen LogP contribution is -2.39. The van der Waals surface area contributed by atoms with Crippen molar-refractivity contribution in [3.63, 3.8) is 0 Å². The second kappa shape index (κ2) is 5.20. The van der Waals surface area contributed by atoms with Crippen LogP contribution in [0.25, 0.3) is 0 Å². The normalized spacial score (nSPS) is 21.8. The Morgan fingerprint density at radius 1 is 1.00 bits per heavy atom. The molecule has 0 radical (unpaired) electrons. The molecule has 0 aliphatic carbocycles. The third-order valence-corrected chi connectivity index (χ3v) is 5.90. The topological polar surface area (TPSA) is 49.4 Å². The molecule has 0 amide bonds. The summed E-state index contributed by atoms with van der Waals surface area (Å²) in [7, 11) is 1.71. The molecule has 6 rings (SSSR count). The number of ether oxygens (including phenoxy) is 5. The van der Waals surface area contributed by atoms with E-state index in [1.54, 1.807) is 7.11 Å². The van der Waals surface area contributed by atoms with E-state index in [2.05, 4.69) is 17.0 Å². The molecular weight excluding hydrogens is 334 g/mol. The van der Waals surface area contributed by atoms with E-state index < -0.39 is 0 Å². The second-order valence-electron chi connectivity index (χ2n) is 7.09. The van der Waals surface area contributed by atoms with Gasteiger partial charge in [-0.25, -0.2) is 0 Å². The van der Waals surface area contributed by atoms with Crippen molar-refractivity contribution in [3.05, 3.63) is 40.5 Å². The molecule has 6 heteroatoms. The molecule has 0 N–H and O–H groups in total. The summed E-state index contributed by atoms with van der Waals surface area (Å²) in [6.07, 6.45) is 1.90. The minimum absolute atomic E-state index is 0.259. The van der Waals surface area contributed by atoms with Crippen molar-refractivity contribution in [2.75, 3.05) is 27.2 Å². The summed E-state index contributed by atoms with van der Waals surface area (Å²) in [6.45, 7) is 2.44. The summed E-state index contributed by atoms with van der Waals surface area (Å²) in [5, 5.41) is 0. The first kappa shape index (κ1) is 14.6. The molecule has 0 aromatic heterocycles. The van der Waals surface area contributed by atoms with Crippen LogP contribution in [0.2, 0.25) is 0 Å². The number of nitrogens with zero attached hydrogens (tertiary/aromatic N) is 1. The molecule has 4 aliphatic heterocycles. The van der Waals surface area contributed by atoms with Gasteiger partial charge in [0.15, 0.2) is 23.0 Å². The number of fused-ring (bicyclic) bond motifs is 7. The van der Waals surface area contributed by atoms with E-state index in [1.807, 2.05) is 6.07 Å². The first-order valence-corrected chi connectivity index (χ1v) is 8.97. The Kier molecular flexibility index (Phi) is 2.91. The highest BCUT2D eigenvalue weighted by Crippen LogP contribution is 2.52. The predicted molar refractivity (Wildman–Crippen MR) is 92.2 cm³/mol. The van der Waals surface area contributed by atoms with Gasteiger partial charge in [-0.05, 0) is 36.1 Å². The number of hydrogen-bond acceptors (Lipinski definition) is 6. The van der Waals surface area contributed by atoms with Gasteiger partial charge >= 0.3 is 0 Å². The second-order valence-corrected chi connectivity index (χ2v) is 7.09. The Morgan fingerprint density at radius 2 is 1.85 bits per heavy atom. The summed E-state index contributed by atoms with van der Waals surface area (Å²) in [5.41, 5.74) is 5.13. The van der Waals surface area contributed by atoms with Crippen molar-refractivity contribution >= 4 is 0 Å². The fourth-order valence-electron chi connectivity index (χ4n) is 4.72. The minimum atomic E-state index is 0.259. The molecule has 0 saturated heterocycles. The SMILES string of the molecule is COc1c2c(cc3c1[C@@H]1Cc4ccc5c(c4CN1CC3)OCO5)OCO2. The van der Waals surface area contributed by atoms with Crippen LogP contribution in [0.3, 0.4) is 0 Å². The van der Waals surface area contributed by atoms with Crippen LogP contribution in [0.5, 0.6) is 28.7 Å². The third kappa shape index (κ3) is 1.85. The Labute approximate surface area is 151 Å². The van der Waals surface area contributed by atoms with Crippen LogP contribution < -0.4 is 23.7 Å². The average molecular weight is 353 g/mol. The number of rotatable bonds is 1. The summed E-state index contributed by atoms with van der Waals surface area (Å²) >= 11 is 0. The van der Waals surface area contributed by atoms with E-state index in [1.165, 1.54) is 22.3 Å². The van der Waals surface area contributed by atoms with E-state index in [0.29, 0.717) is 6.79 Å². The van der Waals surface area contributed by atoms with Crippen molar-refractivity contribution in [1.82, 2.24) is 4.90 Å². The van der Waals surface area contributed by atoms with Crippen molar-refractivity contribution in [2.45, 2.75) is 25.4 Å². The van der Waals surface area contributed by atoms with Gasteiger partial charge in [-0.1, -0.05) is 6.07 Å². The molecule has 0 fully saturated rings. The zero-order valence-electron chi connectivity index (χ0n) is 14.5. The number of methoxy groups -OCH3 is 1. The number of benzene rings is 2. The molecule has 0 saturated carbocycles. The van der Waals surface area contributed by atoms with Gasteiger partial charge in [-0.2, -0.15) is 0 Å². The van der Waals surface area contributed by atoms with Crippen LogP contribution in [-0.4, -0.2) is 32.1 Å². The molecule has 2 aromatic carbocycles. The maximum atomic E-state index is 5.79. The highest BCUT2D eigenvalue weighted by molar-refractivity contribution is 5.63. The van der Waals surface area contributed by atoms with Gasteiger partial charge in [0.05, 0.1) is 7.11 Å². The van der Waals surface area contributed by atoms with Gasteiger partial charge in [-0.3, -0.25) is 4.90 Å². The predicted octanol–water partition coefficient (Wildman–Crippen LogP) is 2.81. The van der Waals surface area contributed by atoms with E-state index in [4.69, 9.17) is 23.7 Å². The molecule has 0 unspecified atom stereocenters. The van der Waals surface area contributed by atoms with E-state index in [9.17, 15) is 0 Å². The van der Waals surface area contributed by atoms with E-state index in [-0.39, 0.29) is 12.8 Å². The van der Waals surface area contributed by atoms with Crippen LogP contribution in [0, 0.1) is 0 Å². The van der Waals surface area contributed by atoms with Crippen molar-refractivity contribution in [2.24, 2.45) is 0 Å². The van der Waals surface area contributed by atoms with Gasteiger partial charge < -0.3 is 23.7 Å². The Balaban J connectivity index is 1.49. The Morgan fingerprint density at radius 3 is 2.73 bits per heavy atom. The van der Waals surface area contributed by atoms with Crippen molar-refractivity contribution in [1.29, 1.82) is 0 Å². The molecule has 134 valence electrons. The van der Waals surface area contributed by atoms with Crippen LogP contribution in [0.15, 0.2) is 18.2 Å². The summed E-state index contributed by atoms with van der Waals surface area (Å²) in [4.78, 5) is 2.51. The van der Waals surface area contributed by atoms with Crippen LogP contribution in [0.4, 0.5) is 0 Å². The summed E-state index contributed by atoms with van der Waals surface area (Å²) in [6, 6.07) is 6.61. The Hall–Kier alpha value is -2.60. The fourth-order valence-corrected chi connectivity index (χ4v) is 4.72. The smallest absolute Gasteiger partial charge is 0.231 e. The first-order valence-electron chi connectivity index (χ1n) is 8.97. The zero-order chi connectivity index (χ0) is 17.3. The van der Waals surface area contributed by atoms with E-state index in [0.717, 1.165) is 54.7 Å². The van der Waals surface area contributed by atoms with Gasteiger partial charge in [0.2, 0.25) is 19.3 Å². The standard InChI is InChI=1S/C20H19NO5/c1-22-20-17-12(7-16-19(20)26-10-24-16)4-5-21-8-13-11(6-14(17)21)2-3-15-18(13)25-9-23-15/h2-3,7,14H,4-6,8-10H2,1H3/t14-/m0/s1. The van der Waals surface area contributed by atoms with Crippen LogP contribution in [-0.2, 0) is 19.4 Å². The average Bonchev–Trinajstić information content (AvgIpc) is 3.33. The summed E-state index contributed by atoms with van der Waals surface area (Å²) in [5.74, 6) is 4.15. The van der Waals surface area contributed by atoms with Crippen molar-refractivity contribution < 1.29 is 23.7 Å². The molecule has 4 aliphatic rings. The monoisotopic (exact) mass is 353 g/mol. The molecular formula is C20H19NO5. The maximum Gasteiger partial charge on any atom is 0.231 e.